The molecule has 1 aromatic carbocycles. The average molecular weight is 277 g/mol. The molecule has 20 heavy (non-hydrogen) atoms. The van der Waals surface area contributed by atoms with E-state index in [9.17, 15) is 4.79 Å². The van der Waals surface area contributed by atoms with E-state index in [0.717, 1.165) is 25.3 Å². The normalized spacial score (nSPS) is 19.1. The largest absolute Gasteiger partial charge is 0.380 e. The standard InChI is InChI=1S/C15H23N3O2/c1-12-4-2-3-5-14(12)10-18-15(19)17-9-13-8-16-6-7-20-11-13/h2-5,13,16H,6-11H2,1H3,(H2,17,18,19). The van der Waals surface area contributed by atoms with Crippen LogP contribution in [0.2, 0.25) is 0 Å². The molecule has 1 fully saturated rings. The highest BCUT2D eigenvalue weighted by molar-refractivity contribution is 5.73. The molecule has 0 aromatic heterocycles. The number of amides is 2. The molecular formula is C15H23N3O2. The topological polar surface area (TPSA) is 62.4 Å². The molecule has 1 atom stereocenters. The Morgan fingerprint density at radius 2 is 2.25 bits per heavy atom. The fraction of sp³-hybridized carbons (Fsp3) is 0.533. The highest BCUT2D eigenvalue weighted by atomic mass is 16.5. The average Bonchev–Trinajstić information content (AvgIpc) is 2.73. The minimum absolute atomic E-state index is 0.127. The van der Waals surface area contributed by atoms with Gasteiger partial charge in [-0.2, -0.15) is 0 Å². The fourth-order valence-electron chi connectivity index (χ4n) is 2.17. The van der Waals surface area contributed by atoms with Crippen LogP contribution in [0.5, 0.6) is 0 Å². The Morgan fingerprint density at radius 1 is 1.40 bits per heavy atom. The van der Waals surface area contributed by atoms with Crippen molar-refractivity contribution in [1.29, 1.82) is 0 Å². The van der Waals surface area contributed by atoms with Crippen molar-refractivity contribution in [2.24, 2.45) is 5.92 Å². The van der Waals surface area contributed by atoms with Crippen molar-refractivity contribution < 1.29 is 9.53 Å². The van der Waals surface area contributed by atoms with Crippen molar-refractivity contribution in [2.45, 2.75) is 13.5 Å². The van der Waals surface area contributed by atoms with Crippen LogP contribution in [0.15, 0.2) is 24.3 Å². The van der Waals surface area contributed by atoms with E-state index in [-0.39, 0.29) is 6.03 Å². The molecule has 1 saturated heterocycles. The van der Waals surface area contributed by atoms with Gasteiger partial charge in [-0.3, -0.25) is 0 Å². The van der Waals surface area contributed by atoms with Crippen LogP contribution in [0.1, 0.15) is 11.1 Å². The van der Waals surface area contributed by atoms with Crippen LogP contribution in [-0.2, 0) is 11.3 Å². The number of benzene rings is 1. The first-order valence-corrected chi connectivity index (χ1v) is 7.10. The van der Waals surface area contributed by atoms with Crippen molar-refractivity contribution in [2.75, 3.05) is 32.8 Å². The molecule has 1 aliphatic rings. The second-order valence-corrected chi connectivity index (χ2v) is 5.14. The Bertz CT molecular complexity index is 429. The van der Waals surface area contributed by atoms with Crippen LogP contribution in [-0.4, -0.2) is 38.9 Å². The third-order valence-electron chi connectivity index (χ3n) is 3.46. The van der Waals surface area contributed by atoms with E-state index in [1.165, 1.54) is 5.56 Å². The van der Waals surface area contributed by atoms with Crippen LogP contribution in [0.4, 0.5) is 4.79 Å². The van der Waals surface area contributed by atoms with Crippen LogP contribution < -0.4 is 16.0 Å². The third kappa shape index (κ3) is 4.83. The summed E-state index contributed by atoms with van der Waals surface area (Å²) < 4.78 is 5.45. The van der Waals surface area contributed by atoms with Crippen molar-refractivity contribution >= 4 is 6.03 Å². The van der Waals surface area contributed by atoms with Gasteiger partial charge >= 0.3 is 6.03 Å². The first-order chi connectivity index (χ1) is 9.75. The van der Waals surface area contributed by atoms with Gasteiger partial charge < -0.3 is 20.7 Å². The summed E-state index contributed by atoms with van der Waals surface area (Å²) in [4.78, 5) is 11.8. The Labute approximate surface area is 120 Å². The Balaban J connectivity index is 1.69. The van der Waals surface area contributed by atoms with E-state index in [1.54, 1.807) is 0 Å². The minimum atomic E-state index is -0.127. The summed E-state index contributed by atoms with van der Waals surface area (Å²) >= 11 is 0. The lowest BCUT2D eigenvalue weighted by molar-refractivity contribution is 0.123. The fourth-order valence-corrected chi connectivity index (χ4v) is 2.17. The van der Waals surface area contributed by atoms with E-state index < -0.39 is 0 Å². The number of ether oxygens (including phenoxy) is 1. The molecule has 2 amide bonds. The molecule has 2 rings (SSSR count). The molecule has 0 radical (unpaired) electrons. The molecule has 0 aliphatic carbocycles. The number of urea groups is 1. The van der Waals surface area contributed by atoms with E-state index >= 15 is 0 Å². The highest BCUT2D eigenvalue weighted by Gasteiger charge is 2.13. The molecule has 0 spiro atoms. The zero-order valence-electron chi connectivity index (χ0n) is 11.9. The quantitative estimate of drug-likeness (QED) is 0.770. The van der Waals surface area contributed by atoms with E-state index in [2.05, 4.69) is 16.0 Å². The van der Waals surface area contributed by atoms with Crippen molar-refractivity contribution in [1.82, 2.24) is 16.0 Å². The summed E-state index contributed by atoms with van der Waals surface area (Å²) in [6, 6.07) is 7.92. The Kier molecular flexibility index (Phi) is 5.83. The molecular weight excluding hydrogens is 254 g/mol. The maximum Gasteiger partial charge on any atom is 0.315 e. The number of hydrogen-bond acceptors (Lipinski definition) is 3. The molecule has 110 valence electrons. The van der Waals surface area contributed by atoms with Gasteiger partial charge in [0.15, 0.2) is 0 Å². The lowest BCUT2D eigenvalue weighted by Crippen LogP contribution is -2.40. The van der Waals surface area contributed by atoms with Gasteiger partial charge in [-0.05, 0) is 18.1 Å². The van der Waals surface area contributed by atoms with E-state index in [1.807, 2.05) is 31.2 Å². The summed E-state index contributed by atoms with van der Waals surface area (Å²) in [5.41, 5.74) is 2.33. The first-order valence-electron chi connectivity index (χ1n) is 7.10. The van der Waals surface area contributed by atoms with E-state index in [4.69, 9.17) is 4.74 Å². The number of aryl methyl sites for hydroxylation is 1. The molecule has 3 N–H and O–H groups in total. The zero-order chi connectivity index (χ0) is 14.2. The maximum atomic E-state index is 11.8. The molecule has 5 heteroatoms. The monoisotopic (exact) mass is 277 g/mol. The minimum Gasteiger partial charge on any atom is -0.380 e. The third-order valence-corrected chi connectivity index (χ3v) is 3.46. The molecule has 0 saturated carbocycles. The maximum absolute atomic E-state index is 11.8. The smallest absolute Gasteiger partial charge is 0.315 e. The Hall–Kier alpha value is -1.59. The first kappa shape index (κ1) is 14.8. The van der Waals surface area contributed by atoms with Crippen LogP contribution in [0.25, 0.3) is 0 Å². The summed E-state index contributed by atoms with van der Waals surface area (Å²) in [7, 11) is 0. The number of nitrogens with one attached hydrogen (secondary N) is 3. The van der Waals surface area contributed by atoms with Gasteiger partial charge in [-0.1, -0.05) is 24.3 Å². The summed E-state index contributed by atoms with van der Waals surface area (Å²) in [6.45, 7) is 6.45. The summed E-state index contributed by atoms with van der Waals surface area (Å²) in [5.74, 6) is 0.335. The van der Waals surface area contributed by atoms with Crippen molar-refractivity contribution in [3.05, 3.63) is 35.4 Å². The Morgan fingerprint density at radius 3 is 3.10 bits per heavy atom. The summed E-state index contributed by atoms with van der Waals surface area (Å²) in [6.07, 6.45) is 0. The van der Waals surface area contributed by atoms with Gasteiger partial charge in [0.2, 0.25) is 0 Å². The van der Waals surface area contributed by atoms with Gasteiger partial charge in [0.25, 0.3) is 0 Å². The molecule has 1 aliphatic heterocycles. The SMILES string of the molecule is Cc1ccccc1CNC(=O)NCC1CNCCOC1. The van der Waals surface area contributed by atoms with Gasteiger partial charge in [0.1, 0.15) is 0 Å². The summed E-state index contributed by atoms with van der Waals surface area (Å²) in [5, 5.41) is 9.07. The van der Waals surface area contributed by atoms with Gasteiger partial charge in [-0.25, -0.2) is 4.79 Å². The lowest BCUT2D eigenvalue weighted by Gasteiger charge is -2.15. The predicted molar refractivity (Wildman–Crippen MR) is 78.6 cm³/mol. The lowest BCUT2D eigenvalue weighted by atomic mass is 10.1. The van der Waals surface area contributed by atoms with Gasteiger partial charge in [0, 0.05) is 32.1 Å². The van der Waals surface area contributed by atoms with Crippen LogP contribution in [0.3, 0.4) is 0 Å². The van der Waals surface area contributed by atoms with Crippen molar-refractivity contribution in [3.63, 3.8) is 0 Å². The highest BCUT2D eigenvalue weighted by Crippen LogP contribution is 2.05. The predicted octanol–water partition coefficient (Wildman–Crippen LogP) is 1.03. The van der Waals surface area contributed by atoms with Gasteiger partial charge in [0.05, 0.1) is 13.2 Å². The molecule has 5 nitrogen and oxygen atoms in total. The molecule has 1 unspecified atom stereocenters. The molecule has 1 heterocycles. The number of hydrogen-bond donors (Lipinski definition) is 3. The van der Waals surface area contributed by atoms with Crippen LogP contribution in [0, 0.1) is 12.8 Å². The molecule has 0 bridgehead atoms. The van der Waals surface area contributed by atoms with Crippen molar-refractivity contribution in [3.8, 4) is 0 Å². The number of carbonyl (C=O) groups excluding carboxylic acids is 1. The number of rotatable bonds is 4. The van der Waals surface area contributed by atoms with E-state index in [0.29, 0.717) is 25.6 Å². The van der Waals surface area contributed by atoms with Gasteiger partial charge in [-0.15, -0.1) is 0 Å². The molecule has 1 aromatic rings. The second kappa shape index (κ2) is 7.87. The van der Waals surface area contributed by atoms with Crippen LogP contribution >= 0.6 is 0 Å². The second-order valence-electron chi connectivity index (χ2n) is 5.14. The zero-order valence-corrected chi connectivity index (χ0v) is 11.9. The number of carbonyl (C=O) groups is 1.